The molecule has 0 aromatic heterocycles. The number of carbonyl (C=O) groups is 2. The third-order valence-electron chi connectivity index (χ3n) is 6.58. The lowest BCUT2D eigenvalue weighted by Crippen LogP contribution is -2.52. The molecule has 32 heavy (non-hydrogen) atoms. The molecule has 0 radical (unpaired) electrons. The highest BCUT2D eigenvalue weighted by Crippen LogP contribution is 2.26. The molecule has 2 fully saturated rings. The van der Waals surface area contributed by atoms with Crippen molar-refractivity contribution in [1.82, 2.24) is 14.7 Å². The number of aryl methyl sites for hydroxylation is 1. The first-order valence-corrected chi connectivity index (χ1v) is 11.8. The lowest BCUT2D eigenvalue weighted by Gasteiger charge is -2.39. The topological polar surface area (TPSA) is 55.9 Å². The van der Waals surface area contributed by atoms with Gasteiger partial charge in [-0.05, 0) is 36.5 Å². The number of hydrogen-bond donors (Lipinski definition) is 1. The number of nitrogens with one attached hydrogen (secondary N) is 1. The van der Waals surface area contributed by atoms with Gasteiger partial charge >= 0.3 is 0 Å². The highest BCUT2D eigenvalue weighted by molar-refractivity contribution is 5.93. The van der Waals surface area contributed by atoms with Crippen LogP contribution in [0.5, 0.6) is 0 Å². The molecular weight excluding hydrogens is 400 g/mol. The first-order chi connectivity index (χ1) is 15.7. The molecule has 2 saturated heterocycles. The second-order valence-corrected chi connectivity index (χ2v) is 8.72. The summed E-state index contributed by atoms with van der Waals surface area (Å²) in [6.07, 6.45) is 3.08. The smallest absolute Gasteiger partial charge is 0.244 e. The number of anilines is 1. The van der Waals surface area contributed by atoms with E-state index in [0.717, 1.165) is 75.3 Å². The van der Waals surface area contributed by atoms with Crippen LogP contribution in [0.2, 0.25) is 0 Å². The molecule has 1 N–H and O–H groups in total. The van der Waals surface area contributed by atoms with Crippen molar-refractivity contribution in [2.24, 2.45) is 0 Å². The summed E-state index contributed by atoms with van der Waals surface area (Å²) in [7, 11) is 0. The SMILES string of the molecule is CCc1ccccc1NC(=O)CN1CCN(C(C(=O)N2CCCC2)c2ccccc2)CC1. The van der Waals surface area contributed by atoms with Crippen molar-refractivity contribution in [3.05, 3.63) is 65.7 Å². The Morgan fingerprint density at radius 2 is 1.53 bits per heavy atom. The quantitative estimate of drug-likeness (QED) is 0.727. The summed E-state index contributed by atoms with van der Waals surface area (Å²) in [5, 5.41) is 3.07. The van der Waals surface area contributed by atoms with Gasteiger partial charge < -0.3 is 10.2 Å². The molecule has 2 amide bonds. The van der Waals surface area contributed by atoms with Crippen molar-refractivity contribution in [2.75, 3.05) is 51.1 Å². The zero-order valence-corrected chi connectivity index (χ0v) is 19.0. The van der Waals surface area contributed by atoms with Crippen molar-refractivity contribution in [1.29, 1.82) is 0 Å². The molecule has 0 aliphatic carbocycles. The van der Waals surface area contributed by atoms with Crippen LogP contribution in [0.3, 0.4) is 0 Å². The fraction of sp³-hybridized carbons (Fsp3) is 0.462. The van der Waals surface area contributed by atoms with Gasteiger partial charge in [0.2, 0.25) is 11.8 Å². The maximum absolute atomic E-state index is 13.4. The van der Waals surface area contributed by atoms with Crippen molar-refractivity contribution < 1.29 is 9.59 Å². The van der Waals surface area contributed by atoms with E-state index in [1.54, 1.807) is 0 Å². The minimum Gasteiger partial charge on any atom is -0.341 e. The van der Waals surface area contributed by atoms with E-state index in [1.807, 2.05) is 41.3 Å². The number of likely N-dealkylation sites (tertiary alicyclic amines) is 1. The number of carbonyl (C=O) groups excluding carboxylic acids is 2. The lowest BCUT2D eigenvalue weighted by molar-refractivity contribution is -0.137. The van der Waals surface area contributed by atoms with E-state index in [1.165, 1.54) is 0 Å². The Labute approximate surface area is 191 Å². The number of piperazine rings is 1. The number of rotatable bonds is 7. The van der Waals surface area contributed by atoms with Gasteiger partial charge in [-0.3, -0.25) is 19.4 Å². The Bertz CT molecular complexity index is 903. The highest BCUT2D eigenvalue weighted by Gasteiger charge is 2.34. The predicted molar refractivity (Wildman–Crippen MR) is 127 cm³/mol. The zero-order chi connectivity index (χ0) is 22.3. The normalized spacial score (nSPS) is 18.5. The van der Waals surface area contributed by atoms with E-state index >= 15 is 0 Å². The largest absolute Gasteiger partial charge is 0.341 e. The highest BCUT2D eigenvalue weighted by atomic mass is 16.2. The standard InChI is InChI=1S/C26H34N4O2/c1-2-21-10-6-7-13-23(21)27-24(31)20-28-16-18-29(19-17-28)25(22-11-4-3-5-12-22)26(32)30-14-8-9-15-30/h3-7,10-13,25H,2,8-9,14-20H2,1H3,(H,27,31). The fourth-order valence-electron chi connectivity index (χ4n) is 4.78. The Hall–Kier alpha value is -2.70. The molecule has 0 spiro atoms. The number of nitrogens with zero attached hydrogens (tertiary/aromatic N) is 3. The average molecular weight is 435 g/mol. The van der Waals surface area contributed by atoms with E-state index < -0.39 is 0 Å². The third kappa shape index (κ3) is 5.37. The lowest BCUT2D eigenvalue weighted by atomic mass is 10.0. The van der Waals surface area contributed by atoms with Crippen LogP contribution in [-0.2, 0) is 16.0 Å². The molecule has 2 aliphatic rings. The Morgan fingerprint density at radius 3 is 2.22 bits per heavy atom. The second-order valence-electron chi connectivity index (χ2n) is 8.72. The van der Waals surface area contributed by atoms with E-state index in [4.69, 9.17) is 0 Å². The Kier molecular flexibility index (Phi) is 7.55. The number of amides is 2. The molecule has 2 heterocycles. The summed E-state index contributed by atoms with van der Waals surface area (Å²) < 4.78 is 0. The molecule has 2 aliphatic heterocycles. The summed E-state index contributed by atoms with van der Waals surface area (Å²) in [4.78, 5) is 32.5. The van der Waals surface area contributed by atoms with E-state index in [0.29, 0.717) is 6.54 Å². The Morgan fingerprint density at radius 1 is 0.875 bits per heavy atom. The van der Waals surface area contributed by atoms with Crippen molar-refractivity contribution in [3.8, 4) is 0 Å². The predicted octanol–water partition coefficient (Wildman–Crippen LogP) is 3.17. The van der Waals surface area contributed by atoms with Gasteiger partial charge in [0.05, 0.1) is 6.54 Å². The molecule has 1 atom stereocenters. The maximum atomic E-state index is 13.4. The summed E-state index contributed by atoms with van der Waals surface area (Å²) in [6, 6.07) is 17.9. The van der Waals surface area contributed by atoms with Gasteiger partial charge in [0.25, 0.3) is 0 Å². The van der Waals surface area contributed by atoms with Gasteiger partial charge in [-0.15, -0.1) is 0 Å². The van der Waals surface area contributed by atoms with Crippen molar-refractivity contribution >= 4 is 17.5 Å². The van der Waals surface area contributed by atoms with Gasteiger partial charge in [-0.25, -0.2) is 0 Å². The minimum absolute atomic E-state index is 0.0205. The summed E-state index contributed by atoms with van der Waals surface area (Å²) >= 11 is 0. The second kappa shape index (κ2) is 10.7. The van der Waals surface area contributed by atoms with Crippen LogP contribution in [0.4, 0.5) is 5.69 Å². The van der Waals surface area contributed by atoms with E-state index in [9.17, 15) is 9.59 Å². The molecule has 2 aromatic rings. The van der Waals surface area contributed by atoms with Crippen LogP contribution in [0, 0.1) is 0 Å². The van der Waals surface area contributed by atoms with Crippen LogP contribution >= 0.6 is 0 Å². The zero-order valence-electron chi connectivity index (χ0n) is 19.0. The summed E-state index contributed by atoms with van der Waals surface area (Å²) in [5.74, 6) is 0.239. The molecule has 0 bridgehead atoms. The third-order valence-corrected chi connectivity index (χ3v) is 6.58. The van der Waals surface area contributed by atoms with Crippen LogP contribution in [-0.4, -0.2) is 72.3 Å². The molecule has 170 valence electrons. The number of benzene rings is 2. The van der Waals surface area contributed by atoms with Crippen molar-refractivity contribution in [2.45, 2.75) is 32.2 Å². The summed E-state index contributed by atoms with van der Waals surface area (Å²) in [6.45, 7) is 7.30. The van der Waals surface area contributed by atoms with Gasteiger partial charge in [0, 0.05) is 45.0 Å². The molecule has 2 aromatic carbocycles. The maximum Gasteiger partial charge on any atom is 0.244 e. The molecular formula is C26H34N4O2. The number of para-hydroxylation sites is 1. The van der Waals surface area contributed by atoms with Gasteiger partial charge in [0.1, 0.15) is 6.04 Å². The van der Waals surface area contributed by atoms with Crippen LogP contribution in [0.15, 0.2) is 54.6 Å². The average Bonchev–Trinajstić information content (AvgIpc) is 3.36. The first kappa shape index (κ1) is 22.5. The molecule has 1 unspecified atom stereocenters. The Balaban J connectivity index is 1.36. The molecule has 6 heteroatoms. The van der Waals surface area contributed by atoms with Crippen LogP contribution in [0.25, 0.3) is 0 Å². The van der Waals surface area contributed by atoms with Crippen LogP contribution < -0.4 is 5.32 Å². The van der Waals surface area contributed by atoms with Gasteiger partial charge in [-0.1, -0.05) is 55.5 Å². The first-order valence-electron chi connectivity index (χ1n) is 11.8. The minimum atomic E-state index is -0.235. The summed E-state index contributed by atoms with van der Waals surface area (Å²) in [5.41, 5.74) is 3.11. The monoisotopic (exact) mass is 434 g/mol. The number of hydrogen-bond acceptors (Lipinski definition) is 4. The molecule has 4 rings (SSSR count). The van der Waals surface area contributed by atoms with Crippen LogP contribution in [0.1, 0.15) is 36.9 Å². The van der Waals surface area contributed by atoms with Crippen molar-refractivity contribution in [3.63, 3.8) is 0 Å². The fourth-order valence-corrected chi connectivity index (χ4v) is 4.78. The van der Waals surface area contributed by atoms with E-state index in [2.05, 4.69) is 40.2 Å². The molecule has 0 saturated carbocycles. The van der Waals surface area contributed by atoms with Gasteiger partial charge in [-0.2, -0.15) is 0 Å². The van der Waals surface area contributed by atoms with Gasteiger partial charge in [0.15, 0.2) is 0 Å². The molecule has 6 nitrogen and oxygen atoms in total. The van der Waals surface area contributed by atoms with E-state index in [-0.39, 0.29) is 17.9 Å².